The van der Waals surface area contributed by atoms with E-state index in [9.17, 15) is 0 Å². The van der Waals surface area contributed by atoms with Crippen LogP contribution < -0.4 is 0 Å². The fraction of sp³-hybridized carbons (Fsp3) is 0.857. The molecule has 1 unspecified atom stereocenters. The summed E-state index contributed by atoms with van der Waals surface area (Å²) in [4.78, 5) is 0. The molecule has 6 heteroatoms. The van der Waals surface area contributed by atoms with Crippen LogP contribution in [0.15, 0.2) is 0 Å². The first-order valence-electron chi connectivity index (χ1n) is 7.74. The van der Waals surface area contributed by atoms with Gasteiger partial charge in [0.1, 0.15) is 8.07 Å². The smallest absolute Gasteiger partial charge is 0.159 e. The maximum atomic E-state index is 3.05. The van der Waals surface area contributed by atoms with E-state index in [1.165, 1.54) is 0 Å². The monoisotopic (exact) mass is 363 g/mol. The fourth-order valence-corrected chi connectivity index (χ4v) is 26.6. The summed E-state index contributed by atoms with van der Waals surface area (Å²) >= 11 is 0. The zero-order valence-electron chi connectivity index (χ0n) is 16.0. The van der Waals surface area contributed by atoms with Crippen LogP contribution in [0.2, 0.25) is 78.6 Å². The minimum Gasteiger partial charge on any atom is -0.211 e. The normalized spacial score (nSPS) is 15.9. The van der Waals surface area contributed by atoms with E-state index in [2.05, 4.69) is 93.8 Å². The third kappa shape index (κ3) is 8.44. The van der Waals surface area contributed by atoms with Crippen LogP contribution in [0.1, 0.15) is 0 Å². The third-order valence-corrected chi connectivity index (χ3v) is 22.9. The second-order valence-electron chi connectivity index (χ2n) is 10.0. The molecule has 0 radical (unpaired) electrons. The van der Waals surface area contributed by atoms with Gasteiger partial charge in [-0.2, -0.15) is 0 Å². The van der Waals surface area contributed by atoms with Crippen molar-refractivity contribution in [3.63, 3.8) is 0 Å². The van der Waals surface area contributed by atoms with Crippen LogP contribution in [0.25, 0.3) is 0 Å². The Kier molecular flexibility index (Phi) is 6.96. The Morgan fingerprint density at radius 1 is 0.700 bits per heavy atom. The SMILES string of the molecule is C[Si](C)(C)/C=[P+](\[CH-][Si](C)(C)C)N([Si](C)(C)C)[Si](C)(C)C. The Morgan fingerprint density at radius 3 is 1.25 bits per heavy atom. The van der Waals surface area contributed by atoms with E-state index in [0.29, 0.717) is 0 Å². The summed E-state index contributed by atoms with van der Waals surface area (Å²) in [6.45, 7) is 30.2. The van der Waals surface area contributed by atoms with Crippen LogP contribution in [-0.4, -0.2) is 42.0 Å². The third-order valence-electron chi connectivity index (χ3n) is 2.54. The number of nitrogens with zero attached hydrogens (tertiary/aromatic N) is 1. The van der Waals surface area contributed by atoms with E-state index in [4.69, 9.17) is 0 Å². The van der Waals surface area contributed by atoms with Gasteiger partial charge in [0.15, 0.2) is 16.5 Å². The summed E-state index contributed by atoms with van der Waals surface area (Å²) in [5, 5.41) is 0. The molecule has 0 rings (SSSR count). The first-order valence-corrected chi connectivity index (χ1v) is 23.2. The van der Waals surface area contributed by atoms with Crippen LogP contribution in [0, 0.1) is 5.79 Å². The minimum atomic E-state index is -1.28. The van der Waals surface area contributed by atoms with E-state index < -0.39 is 32.6 Å². The lowest BCUT2D eigenvalue weighted by molar-refractivity contribution is 0.988. The lowest BCUT2D eigenvalue weighted by atomic mass is 11.7. The average molecular weight is 364 g/mol. The highest BCUT2D eigenvalue weighted by molar-refractivity contribution is 7.69. The van der Waals surface area contributed by atoms with Crippen molar-refractivity contribution in [1.82, 2.24) is 4.00 Å². The van der Waals surface area contributed by atoms with E-state index in [-0.39, 0.29) is 7.70 Å². The Balaban J connectivity index is 5.88. The molecule has 0 spiro atoms. The topological polar surface area (TPSA) is 3.24 Å². The Bertz CT molecular complexity index is 339. The first kappa shape index (κ1) is 21.0. The van der Waals surface area contributed by atoms with Gasteiger partial charge in [-0.25, -0.2) is 4.00 Å². The van der Waals surface area contributed by atoms with Gasteiger partial charge in [0.25, 0.3) is 0 Å². The average Bonchev–Trinajstić information content (AvgIpc) is 1.87. The van der Waals surface area contributed by atoms with Crippen molar-refractivity contribution < 1.29 is 0 Å². The molecule has 0 saturated heterocycles. The summed E-state index contributed by atoms with van der Waals surface area (Å²) in [5.74, 6) is 2.80. The lowest BCUT2D eigenvalue weighted by Gasteiger charge is -2.43. The van der Waals surface area contributed by atoms with E-state index in [1.807, 2.05) is 0 Å². The van der Waals surface area contributed by atoms with Gasteiger partial charge in [-0.15, -0.1) is 0 Å². The predicted octanol–water partition coefficient (Wildman–Crippen LogP) is 6.07. The molecular weight excluding hydrogens is 325 g/mol. The van der Waals surface area contributed by atoms with Gasteiger partial charge in [-0.3, -0.25) is 0 Å². The van der Waals surface area contributed by atoms with Gasteiger partial charge in [-0.1, -0.05) is 92.4 Å². The van der Waals surface area contributed by atoms with E-state index in [1.54, 1.807) is 0 Å². The summed E-state index contributed by atoms with van der Waals surface area (Å²) in [7, 11) is -4.99. The minimum absolute atomic E-state index is 0.146. The maximum Gasteiger partial charge on any atom is 0.159 e. The zero-order valence-corrected chi connectivity index (χ0v) is 20.9. The molecule has 0 N–H and O–H groups in total. The van der Waals surface area contributed by atoms with E-state index >= 15 is 0 Å². The van der Waals surface area contributed by atoms with Crippen LogP contribution in [0.5, 0.6) is 0 Å². The molecule has 0 aromatic rings. The molecule has 0 heterocycles. The number of hydrogen-bond acceptors (Lipinski definition) is 1. The van der Waals surface area contributed by atoms with Gasteiger partial charge in [0.2, 0.25) is 0 Å². The first-order chi connectivity index (χ1) is 8.43. The molecule has 0 aliphatic rings. The van der Waals surface area contributed by atoms with Gasteiger partial charge >= 0.3 is 0 Å². The van der Waals surface area contributed by atoms with Crippen LogP contribution in [0.4, 0.5) is 0 Å². The molecule has 0 aliphatic heterocycles. The standard InChI is InChI=1S/C14H38NPSi4/c1-17(2,3)13-16(14-18(4,5)6)15(19(7,8)9)20(10,11)12/h13-14H,1-12H3. The molecule has 20 heavy (non-hydrogen) atoms. The molecule has 1 atom stereocenters. The van der Waals surface area contributed by atoms with Crippen LogP contribution in [-0.2, 0) is 0 Å². The molecule has 0 aliphatic carbocycles. The lowest BCUT2D eigenvalue weighted by Crippen LogP contribution is -2.55. The Morgan fingerprint density at radius 2 is 1.05 bits per heavy atom. The maximum absolute atomic E-state index is 3.05. The van der Waals surface area contributed by atoms with Crippen molar-refractivity contribution in [2.45, 2.75) is 78.6 Å². The Labute approximate surface area is 134 Å². The number of rotatable bonds is 6. The summed E-state index contributed by atoms with van der Waals surface area (Å²) in [5.41, 5.74) is 2.80. The van der Waals surface area contributed by atoms with Crippen molar-refractivity contribution in [2.75, 3.05) is 0 Å². The quantitative estimate of drug-likeness (QED) is 0.314. The molecule has 0 saturated carbocycles. The predicted molar refractivity (Wildman–Crippen MR) is 113 cm³/mol. The summed E-state index contributed by atoms with van der Waals surface area (Å²) in [6, 6.07) is 0. The molecule has 0 aromatic heterocycles. The molecule has 1 nitrogen and oxygen atoms in total. The highest BCUT2D eigenvalue weighted by Crippen LogP contribution is 2.44. The summed E-state index contributed by atoms with van der Waals surface area (Å²) in [6.07, 6.45) is 0. The van der Waals surface area contributed by atoms with Gasteiger partial charge < -0.3 is 0 Å². The van der Waals surface area contributed by atoms with Gasteiger partial charge in [0.05, 0.1) is 5.42 Å². The van der Waals surface area contributed by atoms with Crippen molar-refractivity contribution in [1.29, 1.82) is 0 Å². The molecule has 0 aromatic carbocycles. The summed E-state index contributed by atoms with van der Waals surface area (Å²) < 4.78 is 3.05. The highest BCUT2D eigenvalue weighted by atomic mass is 31.1. The van der Waals surface area contributed by atoms with Gasteiger partial charge in [0, 0.05) is 0 Å². The Hall–Kier alpha value is 0.998. The zero-order chi connectivity index (χ0) is 16.6. The van der Waals surface area contributed by atoms with E-state index in [0.717, 1.165) is 0 Å². The second-order valence-corrected chi connectivity index (χ2v) is 33.5. The van der Waals surface area contributed by atoms with Crippen LogP contribution in [0.3, 0.4) is 0 Å². The molecule has 0 amide bonds. The largest absolute Gasteiger partial charge is 0.211 e. The van der Waals surface area contributed by atoms with Crippen LogP contribution >= 0.6 is 7.70 Å². The van der Waals surface area contributed by atoms with Crippen molar-refractivity contribution in [2.24, 2.45) is 0 Å². The molecular formula is C14H38NPSi4. The van der Waals surface area contributed by atoms with Crippen molar-refractivity contribution >= 4 is 45.7 Å². The van der Waals surface area contributed by atoms with Gasteiger partial charge in [-0.05, 0) is 7.70 Å². The highest BCUT2D eigenvalue weighted by Gasteiger charge is 2.42. The fourth-order valence-electron chi connectivity index (χ4n) is 2.65. The molecule has 0 fully saturated rings. The van der Waals surface area contributed by atoms with Crippen molar-refractivity contribution in [3.05, 3.63) is 5.79 Å². The number of hydrogen-bond donors (Lipinski definition) is 0. The van der Waals surface area contributed by atoms with Crippen molar-refractivity contribution in [3.8, 4) is 0 Å². The molecule has 0 bridgehead atoms. The second kappa shape index (κ2) is 6.63. The molecule has 120 valence electrons.